The van der Waals surface area contributed by atoms with Gasteiger partial charge in [0, 0.05) is 24.0 Å². The van der Waals surface area contributed by atoms with E-state index in [0.717, 1.165) is 11.3 Å². The maximum Gasteiger partial charge on any atom is 0.357 e. The van der Waals surface area contributed by atoms with Crippen LogP contribution >= 0.6 is 23.7 Å². The Balaban J connectivity index is 0.00000320. The molecule has 164 valence electrons. The summed E-state index contributed by atoms with van der Waals surface area (Å²) in [5.41, 5.74) is 0.935. The van der Waals surface area contributed by atoms with Gasteiger partial charge in [0.1, 0.15) is 0 Å². The zero-order chi connectivity index (χ0) is 21.0. The van der Waals surface area contributed by atoms with Crippen LogP contribution in [-0.2, 0) is 19.5 Å². The molecule has 0 atom stereocenters. The van der Waals surface area contributed by atoms with Crippen molar-refractivity contribution in [1.82, 2.24) is 9.29 Å². The molecular formula is C18H22ClN3O6S2. The Kier molecular flexibility index (Phi) is 8.33. The van der Waals surface area contributed by atoms with Gasteiger partial charge in [-0.1, -0.05) is 6.07 Å². The summed E-state index contributed by atoms with van der Waals surface area (Å²) in [5.74, 6) is -1.08. The van der Waals surface area contributed by atoms with Crippen molar-refractivity contribution in [3.8, 4) is 0 Å². The molecule has 2 aromatic rings. The molecule has 1 fully saturated rings. The van der Waals surface area contributed by atoms with Crippen molar-refractivity contribution in [2.45, 2.75) is 18.7 Å². The average Bonchev–Trinajstić information content (AvgIpc) is 3.17. The number of aryl methyl sites for hydroxylation is 1. The van der Waals surface area contributed by atoms with Crippen molar-refractivity contribution in [2.75, 3.05) is 38.2 Å². The molecule has 0 saturated carbocycles. The third kappa shape index (κ3) is 5.35. The highest BCUT2D eigenvalue weighted by Gasteiger charge is 2.27. The number of nitrogens with zero attached hydrogens (tertiary/aromatic N) is 2. The van der Waals surface area contributed by atoms with Crippen molar-refractivity contribution in [2.24, 2.45) is 0 Å². The van der Waals surface area contributed by atoms with E-state index in [4.69, 9.17) is 9.47 Å². The van der Waals surface area contributed by atoms with E-state index in [-0.39, 0.29) is 53.4 Å². The monoisotopic (exact) mass is 475 g/mol. The zero-order valence-electron chi connectivity index (χ0n) is 16.4. The molecule has 0 radical (unpaired) electrons. The first kappa shape index (κ1) is 24.2. The standard InChI is InChI=1S/C18H21N3O6S2.ClH/c1-3-27-17(23)15-11-28-18(19-15)20-16(22)14-10-13(5-4-12(14)2)29(24,25)21-6-8-26-9-7-21;/h4-5,10-11H,3,6-9H2,1-2H3,(H,19,20,22);1H. The maximum atomic E-state index is 12.8. The molecule has 12 heteroatoms. The summed E-state index contributed by atoms with van der Waals surface area (Å²) in [7, 11) is -3.72. The van der Waals surface area contributed by atoms with Crippen molar-refractivity contribution in [3.63, 3.8) is 0 Å². The van der Waals surface area contributed by atoms with Crippen molar-refractivity contribution in [1.29, 1.82) is 0 Å². The van der Waals surface area contributed by atoms with Crippen LogP contribution in [0, 0.1) is 6.92 Å². The van der Waals surface area contributed by atoms with Gasteiger partial charge in [-0.15, -0.1) is 23.7 Å². The normalized spacial score (nSPS) is 14.6. The summed E-state index contributed by atoms with van der Waals surface area (Å²) in [6.45, 7) is 4.85. The third-order valence-corrected chi connectivity index (χ3v) is 6.92. The fourth-order valence-corrected chi connectivity index (χ4v) is 4.85. The molecule has 1 aromatic heterocycles. The molecule has 30 heavy (non-hydrogen) atoms. The van der Waals surface area contributed by atoms with E-state index in [0.29, 0.717) is 18.8 Å². The highest BCUT2D eigenvalue weighted by atomic mass is 35.5. The molecule has 0 unspecified atom stereocenters. The lowest BCUT2D eigenvalue weighted by Gasteiger charge is -2.26. The highest BCUT2D eigenvalue weighted by Crippen LogP contribution is 2.22. The van der Waals surface area contributed by atoms with Gasteiger partial charge in [-0.2, -0.15) is 4.31 Å². The molecule has 1 aliphatic heterocycles. The predicted octanol–water partition coefficient (Wildman–Crippen LogP) is 2.32. The Morgan fingerprint density at radius 1 is 1.30 bits per heavy atom. The Morgan fingerprint density at radius 3 is 2.67 bits per heavy atom. The number of morpholine rings is 1. The number of thiazole rings is 1. The van der Waals surface area contributed by atoms with Crippen molar-refractivity contribution < 1.29 is 27.5 Å². The van der Waals surface area contributed by atoms with Gasteiger partial charge in [0.25, 0.3) is 5.91 Å². The Bertz CT molecular complexity index is 1020. The smallest absolute Gasteiger partial charge is 0.357 e. The fourth-order valence-electron chi connectivity index (χ4n) is 2.74. The second-order valence-corrected chi connectivity index (χ2v) is 9.00. The molecular weight excluding hydrogens is 454 g/mol. The van der Waals surface area contributed by atoms with Gasteiger partial charge < -0.3 is 9.47 Å². The summed E-state index contributed by atoms with van der Waals surface area (Å²) >= 11 is 1.08. The average molecular weight is 476 g/mol. The summed E-state index contributed by atoms with van der Waals surface area (Å²) in [6, 6.07) is 4.43. The van der Waals surface area contributed by atoms with Gasteiger partial charge in [0.2, 0.25) is 10.0 Å². The lowest BCUT2D eigenvalue weighted by atomic mass is 10.1. The lowest BCUT2D eigenvalue weighted by molar-refractivity contribution is 0.0520. The van der Waals surface area contributed by atoms with Gasteiger partial charge in [-0.25, -0.2) is 18.2 Å². The maximum absolute atomic E-state index is 12.8. The number of aromatic nitrogens is 1. The summed E-state index contributed by atoms with van der Waals surface area (Å²) in [6.07, 6.45) is 0. The Labute approximate surface area is 184 Å². The number of nitrogens with one attached hydrogen (secondary N) is 1. The number of esters is 1. The van der Waals surface area contributed by atoms with E-state index in [2.05, 4.69) is 10.3 Å². The number of amides is 1. The van der Waals surface area contributed by atoms with E-state index in [1.54, 1.807) is 19.9 Å². The van der Waals surface area contributed by atoms with Crippen LogP contribution < -0.4 is 5.32 Å². The van der Waals surface area contributed by atoms with Gasteiger partial charge >= 0.3 is 5.97 Å². The minimum atomic E-state index is -3.72. The number of anilines is 1. The molecule has 3 rings (SSSR count). The first-order valence-corrected chi connectivity index (χ1v) is 11.3. The largest absolute Gasteiger partial charge is 0.461 e. The summed E-state index contributed by atoms with van der Waals surface area (Å²) in [5, 5.41) is 4.31. The number of carbonyl (C=O) groups is 2. The van der Waals surface area contributed by atoms with Crippen LogP contribution in [0.3, 0.4) is 0 Å². The molecule has 1 amide bonds. The Hall–Kier alpha value is -2.05. The minimum Gasteiger partial charge on any atom is -0.461 e. The SMILES string of the molecule is CCOC(=O)c1csc(NC(=O)c2cc(S(=O)(=O)N3CCOCC3)ccc2C)n1.Cl. The number of carbonyl (C=O) groups excluding carboxylic acids is 2. The summed E-state index contributed by atoms with van der Waals surface area (Å²) < 4.78 is 37.1. The number of hydrogen-bond donors (Lipinski definition) is 1. The Morgan fingerprint density at radius 2 is 2.00 bits per heavy atom. The molecule has 2 heterocycles. The van der Waals surface area contributed by atoms with Crippen LogP contribution in [0.15, 0.2) is 28.5 Å². The molecule has 9 nitrogen and oxygen atoms in total. The molecule has 0 bridgehead atoms. The van der Waals surface area contributed by atoms with E-state index in [9.17, 15) is 18.0 Å². The molecule has 1 aromatic carbocycles. The first-order chi connectivity index (χ1) is 13.8. The minimum absolute atomic E-state index is 0. The van der Waals surface area contributed by atoms with Crippen LogP contribution in [0.25, 0.3) is 0 Å². The van der Waals surface area contributed by atoms with Gasteiger partial charge in [-0.05, 0) is 31.5 Å². The van der Waals surface area contributed by atoms with Gasteiger partial charge in [-0.3, -0.25) is 10.1 Å². The quantitative estimate of drug-likeness (QED) is 0.637. The molecule has 0 spiro atoms. The highest BCUT2D eigenvalue weighted by molar-refractivity contribution is 7.89. The van der Waals surface area contributed by atoms with Crippen LogP contribution in [0.4, 0.5) is 5.13 Å². The zero-order valence-corrected chi connectivity index (χ0v) is 18.9. The van der Waals surface area contributed by atoms with Crippen molar-refractivity contribution >= 4 is 50.8 Å². The summed E-state index contributed by atoms with van der Waals surface area (Å²) in [4.78, 5) is 28.5. The van der Waals surface area contributed by atoms with Crippen LogP contribution in [0.2, 0.25) is 0 Å². The molecule has 1 saturated heterocycles. The third-order valence-electron chi connectivity index (χ3n) is 4.27. The lowest BCUT2D eigenvalue weighted by Crippen LogP contribution is -2.40. The van der Waals surface area contributed by atoms with E-state index >= 15 is 0 Å². The topological polar surface area (TPSA) is 115 Å². The van der Waals surface area contributed by atoms with Gasteiger partial charge in [0.15, 0.2) is 10.8 Å². The number of benzene rings is 1. The second-order valence-electron chi connectivity index (χ2n) is 6.21. The van der Waals surface area contributed by atoms with Crippen LogP contribution in [0.5, 0.6) is 0 Å². The number of halogens is 1. The van der Waals surface area contributed by atoms with E-state index < -0.39 is 21.9 Å². The number of sulfonamides is 1. The second kappa shape index (κ2) is 10.3. The number of ether oxygens (including phenoxy) is 2. The molecule has 1 N–H and O–H groups in total. The molecule has 1 aliphatic rings. The number of hydrogen-bond acceptors (Lipinski definition) is 8. The predicted molar refractivity (Wildman–Crippen MR) is 114 cm³/mol. The van der Waals surface area contributed by atoms with E-state index in [1.165, 1.54) is 21.8 Å². The first-order valence-electron chi connectivity index (χ1n) is 8.95. The fraction of sp³-hybridized carbons (Fsp3) is 0.389. The van der Waals surface area contributed by atoms with E-state index in [1.807, 2.05) is 0 Å². The van der Waals surface area contributed by atoms with Crippen molar-refractivity contribution in [3.05, 3.63) is 40.4 Å². The van der Waals surface area contributed by atoms with Crippen LogP contribution in [0.1, 0.15) is 33.3 Å². The van der Waals surface area contributed by atoms with Crippen LogP contribution in [-0.4, -0.2) is 62.5 Å². The number of rotatable bonds is 6. The van der Waals surface area contributed by atoms with Gasteiger partial charge in [0.05, 0.1) is 24.7 Å². The molecule has 0 aliphatic carbocycles.